The van der Waals surface area contributed by atoms with E-state index in [1.165, 1.54) is 11.4 Å². The number of benzene rings is 2. The second kappa shape index (κ2) is 11.5. The van der Waals surface area contributed by atoms with Crippen LogP contribution in [-0.4, -0.2) is 54.2 Å². The SMILES string of the molecule is C=CCN(C)CCCCOc1ccc(N(C)S(=O)(=O)Nc2ccc(OC)cc2)cc1. The molecule has 0 saturated carbocycles. The van der Waals surface area contributed by atoms with Crippen molar-refractivity contribution in [2.45, 2.75) is 12.8 Å². The molecule has 0 heterocycles. The Balaban J connectivity index is 1.85. The number of hydrogen-bond donors (Lipinski definition) is 1. The molecular formula is C22H31N3O4S. The van der Waals surface area contributed by atoms with Crippen LogP contribution in [0.25, 0.3) is 0 Å². The van der Waals surface area contributed by atoms with Gasteiger partial charge in [0.25, 0.3) is 0 Å². The van der Waals surface area contributed by atoms with Crippen molar-refractivity contribution in [3.05, 3.63) is 61.2 Å². The topological polar surface area (TPSA) is 71.1 Å². The standard InChI is InChI=1S/C22H31N3O4S/c1-5-16-24(2)17-6-7-18-29-22-14-10-20(11-15-22)25(3)30(26,27)23-19-8-12-21(28-4)13-9-19/h5,8-15,23H,1,6-7,16-18H2,2-4H3. The van der Waals surface area contributed by atoms with Gasteiger partial charge >= 0.3 is 10.2 Å². The highest BCUT2D eigenvalue weighted by Gasteiger charge is 2.18. The van der Waals surface area contributed by atoms with Crippen molar-refractivity contribution in [3.63, 3.8) is 0 Å². The van der Waals surface area contributed by atoms with Crippen molar-refractivity contribution in [1.29, 1.82) is 0 Å². The van der Waals surface area contributed by atoms with Crippen molar-refractivity contribution >= 4 is 21.6 Å². The van der Waals surface area contributed by atoms with Gasteiger partial charge in [-0.1, -0.05) is 6.08 Å². The van der Waals surface area contributed by atoms with Crippen LogP contribution in [0.1, 0.15) is 12.8 Å². The van der Waals surface area contributed by atoms with Gasteiger partial charge in [-0.05, 0) is 75.0 Å². The van der Waals surface area contributed by atoms with Crippen LogP contribution in [0.4, 0.5) is 11.4 Å². The van der Waals surface area contributed by atoms with Crippen molar-refractivity contribution in [2.75, 3.05) is 49.9 Å². The third-order valence-electron chi connectivity index (χ3n) is 4.54. The number of unbranched alkanes of at least 4 members (excludes halogenated alkanes) is 1. The molecule has 164 valence electrons. The predicted octanol–water partition coefficient (Wildman–Crippen LogP) is 3.77. The summed E-state index contributed by atoms with van der Waals surface area (Å²) in [4.78, 5) is 2.21. The lowest BCUT2D eigenvalue weighted by molar-refractivity contribution is 0.287. The van der Waals surface area contributed by atoms with Gasteiger partial charge in [-0.2, -0.15) is 8.42 Å². The van der Waals surface area contributed by atoms with Crippen molar-refractivity contribution < 1.29 is 17.9 Å². The number of nitrogens with zero attached hydrogens (tertiary/aromatic N) is 2. The quantitative estimate of drug-likeness (QED) is 0.385. The fourth-order valence-electron chi connectivity index (χ4n) is 2.75. The van der Waals surface area contributed by atoms with Gasteiger partial charge < -0.3 is 14.4 Å². The third kappa shape index (κ3) is 7.27. The van der Waals surface area contributed by atoms with E-state index in [9.17, 15) is 8.42 Å². The molecule has 0 fully saturated rings. The lowest BCUT2D eigenvalue weighted by atomic mass is 10.3. The zero-order valence-electron chi connectivity index (χ0n) is 17.9. The molecular weight excluding hydrogens is 402 g/mol. The molecule has 0 unspecified atom stereocenters. The minimum absolute atomic E-state index is 0.460. The van der Waals surface area contributed by atoms with Crippen LogP contribution in [0.2, 0.25) is 0 Å². The zero-order chi connectivity index (χ0) is 22.0. The lowest BCUT2D eigenvalue weighted by Crippen LogP contribution is -2.32. The van der Waals surface area contributed by atoms with E-state index >= 15 is 0 Å². The Hall–Kier alpha value is -2.71. The molecule has 1 N–H and O–H groups in total. The molecule has 2 aromatic carbocycles. The van der Waals surface area contributed by atoms with Crippen molar-refractivity contribution in [2.24, 2.45) is 0 Å². The van der Waals surface area contributed by atoms with Gasteiger partial charge in [0.05, 0.1) is 25.1 Å². The first-order chi connectivity index (χ1) is 14.4. The van der Waals surface area contributed by atoms with Crippen LogP contribution in [0, 0.1) is 0 Å². The van der Waals surface area contributed by atoms with E-state index in [0.717, 1.165) is 25.9 Å². The molecule has 2 rings (SSSR count). The lowest BCUT2D eigenvalue weighted by Gasteiger charge is -2.20. The van der Waals surface area contributed by atoms with E-state index in [0.29, 0.717) is 29.5 Å². The van der Waals surface area contributed by atoms with Gasteiger partial charge in [-0.3, -0.25) is 9.03 Å². The first-order valence-electron chi connectivity index (χ1n) is 9.78. The maximum absolute atomic E-state index is 12.6. The average molecular weight is 434 g/mol. The summed E-state index contributed by atoms with van der Waals surface area (Å²) in [6, 6.07) is 13.7. The molecule has 0 saturated heterocycles. The van der Waals surface area contributed by atoms with E-state index in [1.54, 1.807) is 55.6 Å². The number of nitrogens with one attached hydrogen (secondary N) is 1. The van der Waals surface area contributed by atoms with Gasteiger partial charge in [0.1, 0.15) is 11.5 Å². The Morgan fingerprint density at radius 1 is 1.00 bits per heavy atom. The normalized spacial score (nSPS) is 11.2. The van der Waals surface area contributed by atoms with E-state index in [4.69, 9.17) is 9.47 Å². The summed E-state index contributed by atoms with van der Waals surface area (Å²) in [5, 5.41) is 0. The second-order valence-corrected chi connectivity index (χ2v) is 8.61. The van der Waals surface area contributed by atoms with Crippen molar-refractivity contribution in [1.82, 2.24) is 4.90 Å². The molecule has 0 amide bonds. The summed E-state index contributed by atoms with van der Waals surface area (Å²) >= 11 is 0. The van der Waals surface area contributed by atoms with E-state index < -0.39 is 10.2 Å². The zero-order valence-corrected chi connectivity index (χ0v) is 18.7. The molecule has 8 heteroatoms. The smallest absolute Gasteiger partial charge is 0.323 e. The number of hydrogen-bond acceptors (Lipinski definition) is 5. The molecule has 0 aromatic heterocycles. The van der Waals surface area contributed by atoms with Crippen LogP contribution >= 0.6 is 0 Å². The highest BCUT2D eigenvalue weighted by molar-refractivity contribution is 7.94. The Morgan fingerprint density at radius 3 is 2.23 bits per heavy atom. The fraction of sp³-hybridized carbons (Fsp3) is 0.364. The summed E-state index contributed by atoms with van der Waals surface area (Å²) in [5.41, 5.74) is 0.996. The molecule has 0 aliphatic carbocycles. The van der Waals surface area contributed by atoms with Crippen LogP contribution < -0.4 is 18.5 Å². The minimum atomic E-state index is -3.75. The summed E-state index contributed by atoms with van der Waals surface area (Å²) in [6.45, 7) is 6.23. The highest BCUT2D eigenvalue weighted by atomic mass is 32.2. The summed E-state index contributed by atoms with van der Waals surface area (Å²) in [6.07, 6.45) is 3.88. The van der Waals surface area contributed by atoms with E-state index in [2.05, 4.69) is 23.2 Å². The number of ether oxygens (including phenoxy) is 2. The number of rotatable bonds is 13. The summed E-state index contributed by atoms with van der Waals surface area (Å²) in [7, 11) is 1.38. The van der Waals surface area contributed by atoms with Gasteiger partial charge in [0.15, 0.2) is 0 Å². The van der Waals surface area contributed by atoms with Gasteiger partial charge in [0, 0.05) is 13.6 Å². The van der Waals surface area contributed by atoms with Gasteiger partial charge in [0.2, 0.25) is 0 Å². The Bertz CT molecular complexity index is 884. The van der Waals surface area contributed by atoms with Crippen LogP contribution in [0.3, 0.4) is 0 Å². The maximum atomic E-state index is 12.6. The first-order valence-corrected chi connectivity index (χ1v) is 11.2. The number of methoxy groups -OCH3 is 1. The largest absolute Gasteiger partial charge is 0.497 e. The average Bonchev–Trinajstić information content (AvgIpc) is 2.74. The molecule has 0 atom stereocenters. The Labute approximate surface area is 180 Å². The highest BCUT2D eigenvalue weighted by Crippen LogP contribution is 2.23. The van der Waals surface area contributed by atoms with Crippen LogP contribution in [0.5, 0.6) is 11.5 Å². The van der Waals surface area contributed by atoms with Crippen molar-refractivity contribution in [3.8, 4) is 11.5 Å². The van der Waals surface area contributed by atoms with E-state index in [1.807, 2.05) is 6.08 Å². The van der Waals surface area contributed by atoms with E-state index in [-0.39, 0.29) is 0 Å². The molecule has 0 spiro atoms. The number of anilines is 2. The van der Waals surface area contributed by atoms with Gasteiger partial charge in [-0.15, -0.1) is 6.58 Å². The monoisotopic (exact) mass is 433 g/mol. The molecule has 2 aromatic rings. The maximum Gasteiger partial charge on any atom is 0.323 e. The molecule has 0 aliphatic rings. The number of likely N-dealkylation sites (N-methyl/N-ethyl adjacent to an activating group) is 1. The summed E-state index contributed by atoms with van der Waals surface area (Å²) < 4.78 is 39.8. The van der Waals surface area contributed by atoms with Gasteiger partial charge in [-0.25, -0.2) is 0 Å². The molecule has 0 aliphatic heterocycles. The van der Waals surface area contributed by atoms with Crippen LogP contribution in [0.15, 0.2) is 61.2 Å². The first kappa shape index (κ1) is 23.6. The molecule has 30 heavy (non-hydrogen) atoms. The molecule has 0 radical (unpaired) electrons. The molecule has 7 nitrogen and oxygen atoms in total. The minimum Gasteiger partial charge on any atom is -0.497 e. The Kier molecular flexibility index (Phi) is 9.01. The van der Waals surface area contributed by atoms with Crippen LogP contribution in [-0.2, 0) is 10.2 Å². The molecule has 0 bridgehead atoms. The second-order valence-electron chi connectivity index (χ2n) is 6.90. The third-order valence-corrected chi connectivity index (χ3v) is 5.97. The fourth-order valence-corrected chi connectivity index (χ4v) is 3.72. The predicted molar refractivity (Wildman–Crippen MR) is 123 cm³/mol. The Morgan fingerprint density at radius 2 is 1.63 bits per heavy atom. The summed E-state index contributed by atoms with van der Waals surface area (Å²) in [5.74, 6) is 1.37.